The first-order valence-electron chi connectivity index (χ1n) is 10.0. The Bertz CT molecular complexity index is 1200. The third kappa shape index (κ3) is 3.39. The number of hydrogen-bond acceptors (Lipinski definition) is 4. The van der Waals surface area contributed by atoms with Gasteiger partial charge in [0, 0.05) is 24.3 Å². The van der Waals surface area contributed by atoms with E-state index >= 15 is 0 Å². The number of hydrogen-bond donors (Lipinski definition) is 0. The van der Waals surface area contributed by atoms with E-state index in [1.54, 1.807) is 18.3 Å². The van der Waals surface area contributed by atoms with Gasteiger partial charge >= 0.3 is 0 Å². The molecule has 5 nitrogen and oxygen atoms in total. The molecule has 1 atom stereocenters. The van der Waals surface area contributed by atoms with Gasteiger partial charge in [-0.3, -0.25) is 14.5 Å². The predicted molar refractivity (Wildman–Crippen MR) is 115 cm³/mol. The molecule has 1 aliphatic rings. The van der Waals surface area contributed by atoms with E-state index in [1.165, 1.54) is 23.5 Å². The lowest BCUT2D eigenvalue weighted by Crippen LogP contribution is -2.30. The van der Waals surface area contributed by atoms with E-state index in [9.17, 15) is 9.18 Å². The Hall–Kier alpha value is -3.06. The van der Waals surface area contributed by atoms with Crippen LogP contribution in [0, 0.1) is 12.7 Å². The van der Waals surface area contributed by atoms with E-state index < -0.39 is 0 Å². The molecule has 0 saturated carbocycles. The number of nitrogens with zero attached hydrogens (tertiary/aromatic N) is 4. The van der Waals surface area contributed by atoms with Crippen LogP contribution in [0.2, 0.25) is 0 Å². The zero-order valence-corrected chi connectivity index (χ0v) is 17.4. The highest BCUT2D eigenvalue weighted by Crippen LogP contribution is 2.36. The number of carbonyl (C=O) groups excluding carboxylic acids is 1. The summed E-state index contributed by atoms with van der Waals surface area (Å²) in [6, 6.07) is 12.4. The Balaban J connectivity index is 1.45. The lowest BCUT2D eigenvalue weighted by molar-refractivity contribution is 0.0740. The second-order valence-corrected chi connectivity index (χ2v) is 8.67. The Morgan fingerprint density at radius 2 is 2.10 bits per heavy atom. The number of halogens is 1. The van der Waals surface area contributed by atoms with E-state index in [-0.39, 0.29) is 17.8 Å². The van der Waals surface area contributed by atoms with Gasteiger partial charge in [-0.25, -0.2) is 4.39 Å². The van der Waals surface area contributed by atoms with Crippen LogP contribution in [0.15, 0.2) is 54.9 Å². The van der Waals surface area contributed by atoms with Crippen molar-refractivity contribution in [2.45, 2.75) is 32.4 Å². The fourth-order valence-electron chi connectivity index (χ4n) is 4.16. The van der Waals surface area contributed by atoms with Crippen LogP contribution in [0.4, 0.5) is 4.39 Å². The number of pyridine rings is 1. The molecule has 1 aromatic carbocycles. The minimum Gasteiger partial charge on any atom is -0.331 e. The van der Waals surface area contributed by atoms with Gasteiger partial charge in [-0.15, -0.1) is 11.3 Å². The van der Waals surface area contributed by atoms with Gasteiger partial charge in [0.05, 0.1) is 23.2 Å². The molecule has 30 heavy (non-hydrogen) atoms. The third-order valence-electron chi connectivity index (χ3n) is 5.65. The number of likely N-dealkylation sites (tertiary alicyclic amines) is 1. The summed E-state index contributed by atoms with van der Waals surface area (Å²) in [6.07, 6.45) is 5.56. The number of rotatable bonds is 4. The van der Waals surface area contributed by atoms with Crippen molar-refractivity contribution < 1.29 is 9.18 Å². The summed E-state index contributed by atoms with van der Waals surface area (Å²) in [5.41, 5.74) is 2.95. The fourth-order valence-corrected chi connectivity index (χ4v) is 5.28. The van der Waals surface area contributed by atoms with Gasteiger partial charge < -0.3 is 4.90 Å². The molecule has 7 heteroatoms. The van der Waals surface area contributed by atoms with Crippen LogP contribution >= 0.6 is 11.3 Å². The van der Waals surface area contributed by atoms with E-state index in [2.05, 4.69) is 10.1 Å². The van der Waals surface area contributed by atoms with Crippen LogP contribution in [-0.2, 0) is 6.54 Å². The van der Waals surface area contributed by atoms with Gasteiger partial charge in [-0.05, 0) is 55.2 Å². The van der Waals surface area contributed by atoms with E-state index in [0.29, 0.717) is 6.54 Å². The Kier molecular flexibility index (Phi) is 4.83. The smallest absolute Gasteiger partial charge is 0.264 e. The normalized spacial score (nSPS) is 16.5. The second-order valence-electron chi connectivity index (χ2n) is 7.64. The molecule has 4 heterocycles. The summed E-state index contributed by atoms with van der Waals surface area (Å²) in [6.45, 7) is 3.26. The van der Waals surface area contributed by atoms with Crippen molar-refractivity contribution in [3.05, 3.63) is 82.4 Å². The van der Waals surface area contributed by atoms with E-state index in [1.807, 2.05) is 40.9 Å². The molecule has 1 saturated heterocycles. The maximum absolute atomic E-state index is 13.4. The maximum Gasteiger partial charge on any atom is 0.264 e. The van der Waals surface area contributed by atoms with Crippen molar-refractivity contribution in [3.63, 3.8) is 0 Å². The topological polar surface area (TPSA) is 51.0 Å². The number of thiophene rings is 1. The monoisotopic (exact) mass is 420 g/mol. The van der Waals surface area contributed by atoms with Crippen molar-refractivity contribution in [1.29, 1.82) is 0 Å². The number of amides is 1. The molecule has 0 radical (unpaired) electrons. The molecule has 0 bridgehead atoms. The number of aryl methyl sites for hydroxylation is 1. The molecule has 0 unspecified atom stereocenters. The summed E-state index contributed by atoms with van der Waals surface area (Å²) in [5.74, 6) is -0.186. The van der Waals surface area contributed by atoms with Crippen molar-refractivity contribution in [3.8, 4) is 0 Å². The molecule has 152 valence electrons. The molecular weight excluding hydrogens is 399 g/mol. The van der Waals surface area contributed by atoms with E-state index in [4.69, 9.17) is 0 Å². The average Bonchev–Trinajstić information content (AvgIpc) is 3.48. The number of benzene rings is 1. The Labute approximate surface area is 177 Å². The molecule has 4 aromatic rings. The van der Waals surface area contributed by atoms with Crippen molar-refractivity contribution in [2.75, 3.05) is 6.54 Å². The van der Waals surface area contributed by atoms with Crippen LogP contribution in [0.3, 0.4) is 0 Å². The predicted octanol–water partition coefficient (Wildman–Crippen LogP) is 4.97. The third-order valence-corrected chi connectivity index (χ3v) is 6.78. The van der Waals surface area contributed by atoms with Gasteiger partial charge in [-0.2, -0.15) is 5.10 Å². The molecule has 5 rings (SSSR count). The van der Waals surface area contributed by atoms with Gasteiger partial charge in [0.2, 0.25) is 0 Å². The SMILES string of the molecule is Cc1nn(Cc2ccc(F)cc2)c2sc(C(=O)N3CCC[C@@H]3c3cccnc3)cc12. The van der Waals surface area contributed by atoms with Crippen molar-refractivity contribution in [1.82, 2.24) is 19.7 Å². The molecular formula is C23H21FN4OS. The van der Waals surface area contributed by atoms with Gasteiger partial charge in [0.25, 0.3) is 5.91 Å². The molecule has 1 aliphatic heterocycles. The summed E-state index contributed by atoms with van der Waals surface area (Å²) in [5, 5.41) is 5.63. The van der Waals surface area contributed by atoms with Gasteiger partial charge in [0.15, 0.2) is 0 Å². The zero-order chi connectivity index (χ0) is 20.7. The Morgan fingerprint density at radius 3 is 2.87 bits per heavy atom. The first kappa shape index (κ1) is 18.9. The maximum atomic E-state index is 13.4. The average molecular weight is 421 g/mol. The molecule has 0 spiro atoms. The standard InChI is InChI=1S/C23H21FN4OS/c1-15-19-12-21(22(29)27-11-3-5-20(27)17-4-2-10-25-13-17)30-23(19)28(26-15)14-16-6-8-18(24)9-7-16/h2,4,6-10,12-13,20H,3,5,11,14H2,1H3/t20-/m1/s1. The number of carbonyl (C=O) groups is 1. The molecule has 1 fully saturated rings. The number of aromatic nitrogens is 3. The molecule has 0 N–H and O–H groups in total. The van der Waals surface area contributed by atoms with Crippen LogP contribution < -0.4 is 0 Å². The summed E-state index contributed by atoms with van der Waals surface area (Å²) < 4.78 is 15.1. The molecule has 1 amide bonds. The number of fused-ring (bicyclic) bond motifs is 1. The van der Waals surface area contributed by atoms with Gasteiger partial charge in [-0.1, -0.05) is 18.2 Å². The van der Waals surface area contributed by atoms with E-state index in [0.717, 1.165) is 51.3 Å². The Morgan fingerprint density at radius 1 is 1.27 bits per heavy atom. The highest BCUT2D eigenvalue weighted by atomic mass is 32.1. The first-order chi connectivity index (χ1) is 14.6. The van der Waals surface area contributed by atoms with Crippen molar-refractivity contribution >= 4 is 27.5 Å². The minimum atomic E-state index is -0.252. The fraction of sp³-hybridized carbons (Fsp3) is 0.261. The highest BCUT2D eigenvalue weighted by molar-refractivity contribution is 7.20. The second kappa shape index (κ2) is 7.65. The lowest BCUT2D eigenvalue weighted by Gasteiger charge is -2.24. The summed E-state index contributed by atoms with van der Waals surface area (Å²) in [7, 11) is 0. The molecule has 0 aliphatic carbocycles. The lowest BCUT2D eigenvalue weighted by atomic mass is 10.1. The van der Waals surface area contributed by atoms with Crippen LogP contribution in [0.25, 0.3) is 10.2 Å². The quantitative estimate of drug-likeness (QED) is 0.469. The summed E-state index contributed by atoms with van der Waals surface area (Å²) >= 11 is 1.48. The highest BCUT2D eigenvalue weighted by Gasteiger charge is 2.32. The zero-order valence-electron chi connectivity index (χ0n) is 16.6. The summed E-state index contributed by atoms with van der Waals surface area (Å²) in [4.78, 5) is 21.2. The first-order valence-corrected chi connectivity index (χ1v) is 10.8. The largest absolute Gasteiger partial charge is 0.331 e. The molecule has 3 aromatic heterocycles. The van der Waals surface area contributed by atoms with Crippen molar-refractivity contribution in [2.24, 2.45) is 0 Å². The van der Waals surface area contributed by atoms with Crippen LogP contribution in [0.5, 0.6) is 0 Å². The van der Waals surface area contributed by atoms with Crippen LogP contribution in [0.1, 0.15) is 45.4 Å². The van der Waals surface area contributed by atoms with Gasteiger partial charge in [0.1, 0.15) is 10.6 Å². The van der Waals surface area contributed by atoms with Crippen LogP contribution in [-0.4, -0.2) is 32.1 Å². The minimum absolute atomic E-state index is 0.0651.